The molecule has 3 rings (SSSR count). The van der Waals surface area contributed by atoms with E-state index in [2.05, 4.69) is 0 Å². The second-order valence-corrected chi connectivity index (χ2v) is 7.29. The molecule has 1 aliphatic heterocycles. The van der Waals surface area contributed by atoms with Gasteiger partial charge in [0.1, 0.15) is 11.6 Å². The van der Waals surface area contributed by atoms with Gasteiger partial charge in [-0.2, -0.15) is 0 Å². The maximum absolute atomic E-state index is 13.0. The van der Waals surface area contributed by atoms with Crippen LogP contribution in [-0.4, -0.2) is 54.9 Å². The number of aryl methyl sites for hydroxylation is 1. The quantitative estimate of drug-likeness (QED) is 0.685. The lowest BCUT2D eigenvalue weighted by molar-refractivity contribution is -0.132. The van der Waals surface area contributed by atoms with Crippen LogP contribution >= 0.6 is 0 Å². The highest BCUT2D eigenvalue weighted by Crippen LogP contribution is 2.14. The van der Waals surface area contributed by atoms with E-state index in [4.69, 9.17) is 4.74 Å². The van der Waals surface area contributed by atoms with E-state index in [0.29, 0.717) is 39.0 Å². The number of methoxy groups -OCH3 is 1. The van der Waals surface area contributed by atoms with Crippen molar-refractivity contribution in [2.75, 3.05) is 33.3 Å². The Hall–Kier alpha value is -3.15. The van der Waals surface area contributed by atoms with Crippen LogP contribution in [0.5, 0.6) is 5.75 Å². The molecule has 0 N–H and O–H groups in total. The van der Waals surface area contributed by atoms with Crippen LogP contribution in [-0.2, 0) is 16.0 Å². The molecule has 1 saturated heterocycles. The topological polar surface area (TPSA) is 49.9 Å². The van der Waals surface area contributed by atoms with Gasteiger partial charge in [-0.1, -0.05) is 24.3 Å². The minimum Gasteiger partial charge on any atom is -0.497 e. The molecule has 0 saturated carbocycles. The van der Waals surface area contributed by atoms with Gasteiger partial charge in [0.05, 0.1) is 7.11 Å². The monoisotopic (exact) mass is 410 g/mol. The molecule has 0 bridgehead atoms. The molecule has 0 spiro atoms. The minimum atomic E-state index is -0.303. The minimum absolute atomic E-state index is 0.0909. The van der Waals surface area contributed by atoms with Crippen molar-refractivity contribution in [3.63, 3.8) is 0 Å². The number of hydrogen-bond donors (Lipinski definition) is 0. The SMILES string of the molecule is COc1ccc(CCC(=O)N2CCCN(C(=O)C=Cc3ccc(F)cc3)CC2)cc1. The predicted octanol–water partition coefficient (Wildman–Crippen LogP) is 3.54. The molecule has 2 amide bonds. The molecule has 6 heteroatoms. The van der Waals surface area contributed by atoms with Crippen molar-refractivity contribution in [3.8, 4) is 5.75 Å². The highest BCUT2D eigenvalue weighted by Gasteiger charge is 2.20. The van der Waals surface area contributed by atoms with Crippen molar-refractivity contribution in [2.45, 2.75) is 19.3 Å². The molecule has 30 heavy (non-hydrogen) atoms. The first-order valence-corrected chi connectivity index (χ1v) is 10.2. The molecule has 1 heterocycles. The van der Waals surface area contributed by atoms with Gasteiger partial charge in [0.15, 0.2) is 0 Å². The second-order valence-electron chi connectivity index (χ2n) is 7.29. The zero-order chi connectivity index (χ0) is 21.3. The van der Waals surface area contributed by atoms with Gasteiger partial charge < -0.3 is 14.5 Å². The fourth-order valence-corrected chi connectivity index (χ4v) is 3.44. The number of rotatable bonds is 6. The third-order valence-corrected chi connectivity index (χ3v) is 5.24. The summed E-state index contributed by atoms with van der Waals surface area (Å²) in [6.45, 7) is 2.33. The zero-order valence-corrected chi connectivity index (χ0v) is 17.2. The van der Waals surface area contributed by atoms with E-state index in [9.17, 15) is 14.0 Å². The van der Waals surface area contributed by atoms with Crippen molar-refractivity contribution in [1.82, 2.24) is 9.80 Å². The third-order valence-electron chi connectivity index (χ3n) is 5.24. The molecular weight excluding hydrogens is 383 g/mol. The number of hydrogen-bond acceptors (Lipinski definition) is 3. The molecule has 1 fully saturated rings. The van der Waals surface area contributed by atoms with Crippen LogP contribution in [0.3, 0.4) is 0 Å². The highest BCUT2D eigenvalue weighted by atomic mass is 19.1. The molecule has 2 aromatic rings. The smallest absolute Gasteiger partial charge is 0.246 e. The lowest BCUT2D eigenvalue weighted by Gasteiger charge is -2.21. The van der Waals surface area contributed by atoms with Crippen LogP contribution < -0.4 is 4.74 Å². The van der Waals surface area contributed by atoms with Gasteiger partial charge in [0.25, 0.3) is 0 Å². The lowest BCUT2D eigenvalue weighted by atomic mass is 10.1. The molecule has 0 unspecified atom stereocenters. The number of benzene rings is 2. The number of carbonyl (C=O) groups excluding carboxylic acids is 2. The molecular formula is C24H27FN2O3. The number of nitrogens with zero attached hydrogens (tertiary/aromatic N) is 2. The van der Waals surface area contributed by atoms with Gasteiger partial charge in [-0.15, -0.1) is 0 Å². The Labute approximate surface area is 176 Å². The molecule has 2 aromatic carbocycles. The van der Waals surface area contributed by atoms with Crippen molar-refractivity contribution >= 4 is 17.9 Å². The van der Waals surface area contributed by atoms with Crippen molar-refractivity contribution in [1.29, 1.82) is 0 Å². The molecule has 0 atom stereocenters. The van der Waals surface area contributed by atoms with Crippen LogP contribution in [0.2, 0.25) is 0 Å². The van der Waals surface area contributed by atoms with Gasteiger partial charge >= 0.3 is 0 Å². The molecule has 0 aliphatic carbocycles. The zero-order valence-electron chi connectivity index (χ0n) is 17.2. The van der Waals surface area contributed by atoms with Gasteiger partial charge in [-0.05, 0) is 54.3 Å². The Morgan fingerprint density at radius 3 is 2.33 bits per heavy atom. The van der Waals surface area contributed by atoms with Gasteiger partial charge in [-0.3, -0.25) is 9.59 Å². The molecule has 0 radical (unpaired) electrons. The number of ether oxygens (including phenoxy) is 1. The van der Waals surface area contributed by atoms with E-state index in [1.807, 2.05) is 29.2 Å². The summed E-state index contributed by atoms with van der Waals surface area (Å²) < 4.78 is 18.1. The van der Waals surface area contributed by atoms with Crippen molar-refractivity contribution < 1.29 is 18.7 Å². The lowest BCUT2D eigenvalue weighted by Crippen LogP contribution is -2.36. The second kappa shape index (κ2) is 10.6. The normalized spacial score (nSPS) is 14.6. The average Bonchev–Trinajstić information content (AvgIpc) is 3.04. The summed E-state index contributed by atoms with van der Waals surface area (Å²) in [5.41, 5.74) is 1.87. The van der Waals surface area contributed by atoms with E-state index in [-0.39, 0.29) is 17.6 Å². The van der Waals surface area contributed by atoms with Gasteiger partial charge in [0.2, 0.25) is 11.8 Å². The maximum Gasteiger partial charge on any atom is 0.246 e. The first-order valence-electron chi connectivity index (χ1n) is 10.2. The standard InChI is InChI=1S/C24H27FN2O3/c1-30-22-11-5-20(6-12-22)8-14-24(29)27-16-2-15-26(17-18-27)23(28)13-7-19-3-9-21(25)10-4-19/h3-7,9-13H,2,8,14-18H2,1H3. The Morgan fingerprint density at radius 1 is 0.967 bits per heavy atom. The van der Waals surface area contributed by atoms with Gasteiger partial charge in [-0.25, -0.2) is 4.39 Å². The first-order chi connectivity index (χ1) is 14.5. The summed E-state index contributed by atoms with van der Waals surface area (Å²) in [7, 11) is 1.63. The molecule has 5 nitrogen and oxygen atoms in total. The van der Waals surface area contributed by atoms with E-state index < -0.39 is 0 Å². The fraction of sp³-hybridized carbons (Fsp3) is 0.333. The van der Waals surface area contributed by atoms with Crippen molar-refractivity contribution in [3.05, 3.63) is 71.6 Å². The predicted molar refractivity (Wildman–Crippen MR) is 115 cm³/mol. The van der Waals surface area contributed by atoms with Gasteiger partial charge in [0, 0.05) is 38.7 Å². The number of amides is 2. The summed E-state index contributed by atoms with van der Waals surface area (Å²) in [6, 6.07) is 13.7. The van der Waals surface area contributed by atoms with E-state index in [1.54, 1.807) is 30.2 Å². The fourth-order valence-electron chi connectivity index (χ4n) is 3.44. The highest BCUT2D eigenvalue weighted by molar-refractivity contribution is 5.91. The van der Waals surface area contributed by atoms with E-state index in [1.165, 1.54) is 18.2 Å². The first kappa shape index (κ1) is 21.6. The van der Waals surface area contributed by atoms with Crippen LogP contribution in [0.4, 0.5) is 4.39 Å². The molecule has 0 aromatic heterocycles. The summed E-state index contributed by atoms with van der Waals surface area (Å²) in [5, 5.41) is 0. The third kappa shape index (κ3) is 6.17. The molecule has 158 valence electrons. The Morgan fingerprint density at radius 2 is 1.63 bits per heavy atom. The van der Waals surface area contributed by atoms with Crippen molar-refractivity contribution in [2.24, 2.45) is 0 Å². The van der Waals surface area contributed by atoms with Crippen LogP contribution in [0, 0.1) is 5.82 Å². The molecule has 1 aliphatic rings. The van der Waals surface area contributed by atoms with E-state index in [0.717, 1.165) is 23.3 Å². The van der Waals surface area contributed by atoms with Crippen LogP contribution in [0.15, 0.2) is 54.6 Å². The number of halogens is 1. The average molecular weight is 410 g/mol. The van der Waals surface area contributed by atoms with E-state index >= 15 is 0 Å². The Balaban J connectivity index is 1.47. The summed E-state index contributed by atoms with van der Waals surface area (Å²) in [5.74, 6) is 0.521. The summed E-state index contributed by atoms with van der Waals surface area (Å²) in [4.78, 5) is 28.7. The van der Waals surface area contributed by atoms with Crippen LogP contribution in [0.25, 0.3) is 6.08 Å². The maximum atomic E-state index is 13.0. The summed E-state index contributed by atoms with van der Waals surface area (Å²) in [6.07, 6.45) is 5.08. The number of carbonyl (C=O) groups is 2. The largest absolute Gasteiger partial charge is 0.497 e. The summed E-state index contributed by atoms with van der Waals surface area (Å²) >= 11 is 0. The Bertz CT molecular complexity index is 878. The Kier molecular flexibility index (Phi) is 7.60. The van der Waals surface area contributed by atoms with Crippen LogP contribution in [0.1, 0.15) is 24.0 Å².